The average Bonchev–Trinajstić information content (AvgIpc) is 2.49. The van der Waals surface area contributed by atoms with Crippen LogP contribution in [0.15, 0.2) is 18.2 Å². The Bertz CT molecular complexity index is 572. The van der Waals surface area contributed by atoms with Crippen molar-refractivity contribution in [3.63, 3.8) is 0 Å². The molecule has 0 spiro atoms. The minimum atomic E-state index is -0.867. The van der Waals surface area contributed by atoms with Gasteiger partial charge < -0.3 is 5.73 Å². The first kappa shape index (κ1) is 16.4. The van der Waals surface area contributed by atoms with Crippen LogP contribution in [0.1, 0.15) is 31.2 Å². The molecule has 120 valence electrons. The van der Waals surface area contributed by atoms with Crippen molar-refractivity contribution in [3.05, 3.63) is 35.4 Å². The molecule has 2 rings (SSSR count). The minimum Gasteiger partial charge on any atom is -0.351 e. The highest BCUT2D eigenvalue weighted by Gasteiger charge is 2.28. The van der Waals surface area contributed by atoms with Gasteiger partial charge in [-0.05, 0) is 56.5 Å². The van der Waals surface area contributed by atoms with Crippen LogP contribution in [-0.4, -0.2) is 36.0 Å². The van der Waals surface area contributed by atoms with Gasteiger partial charge in [-0.2, -0.15) is 0 Å². The fraction of sp³-hybridized carbons (Fsp3) is 0.467. The van der Waals surface area contributed by atoms with Gasteiger partial charge in [0.25, 0.3) is 0 Å². The quantitative estimate of drug-likeness (QED) is 0.892. The molecule has 3 amide bonds. The number of carbonyl (C=O) groups excluding carboxylic acids is 2. The summed E-state index contributed by atoms with van der Waals surface area (Å²) >= 11 is 0. The number of nitrogens with one attached hydrogen (secondary N) is 1. The molecular formula is C15H19F2N3O2. The molecule has 1 atom stereocenters. The fourth-order valence-corrected chi connectivity index (χ4v) is 2.78. The van der Waals surface area contributed by atoms with E-state index in [-0.39, 0.29) is 5.92 Å². The number of imide groups is 1. The number of piperidine rings is 1. The van der Waals surface area contributed by atoms with Crippen LogP contribution in [0.25, 0.3) is 0 Å². The van der Waals surface area contributed by atoms with Gasteiger partial charge in [-0.15, -0.1) is 0 Å². The van der Waals surface area contributed by atoms with Gasteiger partial charge in [0, 0.05) is 0 Å². The van der Waals surface area contributed by atoms with Gasteiger partial charge in [-0.25, -0.2) is 13.6 Å². The van der Waals surface area contributed by atoms with E-state index in [1.807, 2.05) is 4.90 Å². The smallest absolute Gasteiger partial charge is 0.318 e. The minimum absolute atomic E-state index is 0.137. The molecule has 1 aliphatic rings. The van der Waals surface area contributed by atoms with E-state index in [0.29, 0.717) is 13.1 Å². The van der Waals surface area contributed by atoms with Crippen LogP contribution in [0, 0.1) is 11.6 Å². The van der Waals surface area contributed by atoms with Crippen LogP contribution >= 0.6 is 0 Å². The summed E-state index contributed by atoms with van der Waals surface area (Å²) in [5.41, 5.74) is 5.70. The van der Waals surface area contributed by atoms with Crippen molar-refractivity contribution in [1.82, 2.24) is 10.2 Å². The summed E-state index contributed by atoms with van der Waals surface area (Å²) in [7, 11) is 0. The number of halogens is 2. The van der Waals surface area contributed by atoms with Crippen molar-refractivity contribution in [1.29, 1.82) is 0 Å². The standard InChI is InChI=1S/C15H19F2N3O2/c1-9(14(21)19-15(18)22)20-6-4-10(5-7-20)11-2-3-12(16)13(17)8-11/h2-3,8-10H,4-7H2,1H3,(H3,18,19,21,22). The van der Waals surface area contributed by atoms with Crippen molar-refractivity contribution in [2.45, 2.75) is 31.7 Å². The second-order valence-corrected chi connectivity index (χ2v) is 5.51. The normalized spacial score (nSPS) is 18.0. The van der Waals surface area contributed by atoms with Gasteiger partial charge in [0.2, 0.25) is 5.91 Å². The molecule has 1 saturated heterocycles. The Kier molecular flexibility index (Phi) is 5.07. The Hall–Kier alpha value is -2.02. The summed E-state index contributed by atoms with van der Waals surface area (Å²) < 4.78 is 26.2. The Balaban J connectivity index is 1.93. The molecule has 0 saturated carbocycles. The summed E-state index contributed by atoms with van der Waals surface area (Å²) in [6.07, 6.45) is 1.47. The van der Waals surface area contributed by atoms with Crippen LogP contribution in [0.2, 0.25) is 0 Å². The fourth-order valence-electron chi connectivity index (χ4n) is 2.78. The van der Waals surface area contributed by atoms with Crippen molar-refractivity contribution >= 4 is 11.9 Å². The summed E-state index contributed by atoms with van der Waals surface area (Å²) in [4.78, 5) is 24.4. The van der Waals surface area contributed by atoms with E-state index < -0.39 is 29.6 Å². The molecule has 5 nitrogen and oxygen atoms in total. The highest BCUT2D eigenvalue weighted by Crippen LogP contribution is 2.29. The summed E-state index contributed by atoms with van der Waals surface area (Å²) in [6.45, 7) is 2.98. The maximum Gasteiger partial charge on any atom is 0.318 e. The van der Waals surface area contributed by atoms with Crippen LogP contribution in [-0.2, 0) is 4.79 Å². The molecule has 22 heavy (non-hydrogen) atoms. The van der Waals surface area contributed by atoms with E-state index in [1.54, 1.807) is 13.0 Å². The molecule has 3 N–H and O–H groups in total. The SMILES string of the molecule is CC(C(=O)NC(N)=O)N1CCC(c2ccc(F)c(F)c2)CC1. The number of carbonyl (C=O) groups is 2. The Morgan fingerprint density at radius 3 is 2.45 bits per heavy atom. The number of hydrogen-bond acceptors (Lipinski definition) is 3. The highest BCUT2D eigenvalue weighted by molar-refractivity contribution is 5.96. The molecule has 7 heteroatoms. The Morgan fingerprint density at radius 1 is 1.27 bits per heavy atom. The molecule has 1 aromatic rings. The van der Waals surface area contributed by atoms with E-state index in [0.717, 1.165) is 24.5 Å². The van der Waals surface area contributed by atoms with Crippen LogP contribution < -0.4 is 11.1 Å². The molecule has 1 fully saturated rings. The molecule has 1 unspecified atom stereocenters. The first-order chi connectivity index (χ1) is 10.4. The molecule has 1 heterocycles. The van der Waals surface area contributed by atoms with Gasteiger partial charge in [-0.3, -0.25) is 15.0 Å². The largest absolute Gasteiger partial charge is 0.351 e. The summed E-state index contributed by atoms with van der Waals surface area (Å²) in [5.74, 6) is -1.98. The second kappa shape index (κ2) is 6.83. The molecule has 0 aliphatic carbocycles. The van der Waals surface area contributed by atoms with Crippen LogP contribution in [0.4, 0.5) is 13.6 Å². The Labute approximate surface area is 127 Å². The zero-order chi connectivity index (χ0) is 16.3. The van der Waals surface area contributed by atoms with E-state index in [1.165, 1.54) is 6.07 Å². The molecule has 0 bridgehead atoms. The first-order valence-electron chi connectivity index (χ1n) is 7.17. The third-order valence-electron chi connectivity index (χ3n) is 4.12. The lowest BCUT2D eigenvalue weighted by Crippen LogP contribution is -2.50. The monoisotopic (exact) mass is 311 g/mol. The van der Waals surface area contributed by atoms with Gasteiger partial charge in [0.05, 0.1) is 6.04 Å². The van der Waals surface area contributed by atoms with E-state index in [9.17, 15) is 18.4 Å². The number of likely N-dealkylation sites (tertiary alicyclic amines) is 1. The van der Waals surface area contributed by atoms with Crippen LogP contribution in [0.3, 0.4) is 0 Å². The van der Waals surface area contributed by atoms with Crippen LogP contribution in [0.5, 0.6) is 0 Å². The molecule has 1 aromatic carbocycles. The lowest BCUT2D eigenvalue weighted by Gasteiger charge is -2.35. The summed E-state index contributed by atoms with van der Waals surface area (Å²) in [6, 6.07) is 2.65. The maximum absolute atomic E-state index is 13.3. The van der Waals surface area contributed by atoms with E-state index >= 15 is 0 Å². The lowest BCUT2D eigenvalue weighted by molar-refractivity contribution is -0.125. The van der Waals surface area contributed by atoms with E-state index in [4.69, 9.17) is 5.73 Å². The number of urea groups is 1. The number of hydrogen-bond donors (Lipinski definition) is 2. The number of nitrogens with zero attached hydrogens (tertiary/aromatic N) is 1. The van der Waals surface area contributed by atoms with Gasteiger partial charge in [0.15, 0.2) is 11.6 Å². The molecule has 0 aromatic heterocycles. The third-order valence-corrected chi connectivity index (χ3v) is 4.12. The van der Waals surface area contributed by atoms with Crippen molar-refractivity contribution in [2.75, 3.05) is 13.1 Å². The van der Waals surface area contributed by atoms with Crippen molar-refractivity contribution in [3.8, 4) is 0 Å². The average molecular weight is 311 g/mol. The summed E-state index contributed by atoms with van der Waals surface area (Å²) in [5, 5.41) is 2.06. The number of benzene rings is 1. The second-order valence-electron chi connectivity index (χ2n) is 5.51. The topological polar surface area (TPSA) is 75.4 Å². The van der Waals surface area contributed by atoms with Crippen molar-refractivity contribution < 1.29 is 18.4 Å². The van der Waals surface area contributed by atoms with Gasteiger partial charge in [-0.1, -0.05) is 6.07 Å². The number of nitrogens with two attached hydrogens (primary N) is 1. The predicted molar refractivity (Wildman–Crippen MR) is 77.1 cm³/mol. The molecule has 1 aliphatic heterocycles. The molecule has 0 radical (unpaired) electrons. The zero-order valence-electron chi connectivity index (χ0n) is 12.3. The number of rotatable bonds is 3. The van der Waals surface area contributed by atoms with Crippen molar-refractivity contribution in [2.24, 2.45) is 5.73 Å². The number of primary amides is 1. The number of amides is 3. The maximum atomic E-state index is 13.3. The van der Waals surface area contributed by atoms with Gasteiger partial charge >= 0.3 is 6.03 Å². The van der Waals surface area contributed by atoms with E-state index in [2.05, 4.69) is 5.32 Å². The predicted octanol–water partition coefficient (Wildman–Crippen LogP) is 1.73. The third kappa shape index (κ3) is 3.79. The Morgan fingerprint density at radius 2 is 1.91 bits per heavy atom. The highest BCUT2D eigenvalue weighted by atomic mass is 19.2. The lowest BCUT2D eigenvalue weighted by atomic mass is 9.89. The van der Waals surface area contributed by atoms with Gasteiger partial charge in [0.1, 0.15) is 0 Å². The zero-order valence-corrected chi connectivity index (χ0v) is 12.3. The first-order valence-corrected chi connectivity index (χ1v) is 7.17. The molecular weight excluding hydrogens is 292 g/mol.